The van der Waals surface area contributed by atoms with Crippen LogP contribution in [0.3, 0.4) is 0 Å². The summed E-state index contributed by atoms with van der Waals surface area (Å²) in [4.78, 5) is 36.0. The maximum absolute atomic E-state index is 12.9. The Morgan fingerprint density at radius 2 is 1.90 bits per heavy atom. The molecule has 170 valence electrons. The van der Waals surface area contributed by atoms with Gasteiger partial charge in [0.2, 0.25) is 18.6 Å². The van der Waals surface area contributed by atoms with Gasteiger partial charge in [0.1, 0.15) is 11.3 Å². The fourth-order valence-electron chi connectivity index (χ4n) is 2.75. The van der Waals surface area contributed by atoms with Crippen LogP contribution in [0.15, 0.2) is 18.2 Å². The van der Waals surface area contributed by atoms with Crippen molar-refractivity contribution >= 4 is 25.0 Å². The topological polar surface area (TPSA) is 111 Å². The van der Waals surface area contributed by atoms with Gasteiger partial charge in [-0.25, -0.2) is 13.6 Å². The van der Waals surface area contributed by atoms with Gasteiger partial charge in [-0.2, -0.15) is 0 Å². The van der Waals surface area contributed by atoms with E-state index in [0.717, 1.165) is 6.92 Å². The summed E-state index contributed by atoms with van der Waals surface area (Å²) in [7, 11) is -1.49. The van der Waals surface area contributed by atoms with Gasteiger partial charge in [0, 0.05) is 12.8 Å². The Bertz CT molecular complexity index is 836. The Balaban J connectivity index is 2.00. The molecule has 0 unspecified atom stereocenters. The highest BCUT2D eigenvalue weighted by Gasteiger charge is 2.38. The van der Waals surface area contributed by atoms with Gasteiger partial charge in [0.25, 0.3) is 0 Å². The van der Waals surface area contributed by atoms with E-state index in [9.17, 15) is 28.2 Å². The van der Waals surface area contributed by atoms with Crippen LogP contribution in [-0.4, -0.2) is 48.6 Å². The molecule has 1 amide bonds. The van der Waals surface area contributed by atoms with Crippen LogP contribution in [0.2, 0.25) is 0 Å². The molecule has 0 radical (unpaired) electrons. The van der Waals surface area contributed by atoms with E-state index in [-0.39, 0.29) is 17.7 Å². The van der Waals surface area contributed by atoms with E-state index in [2.05, 4.69) is 5.32 Å². The van der Waals surface area contributed by atoms with E-state index in [1.165, 1.54) is 6.07 Å². The van der Waals surface area contributed by atoms with Crippen LogP contribution in [0.5, 0.6) is 5.75 Å². The van der Waals surface area contributed by atoms with Crippen molar-refractivity contribution in [3.05, 3.63) is 29.3 Å². The molecule has 2 N–H and O–H groups in total. The second kappa shape index (κ2) is 9.63. The molecule has 8 nitrogen and oxygen atoms in total. The first-order chi connectivity index (χ1) is 14.3. The summed E-state index contributed by atoms with van der Waals surface area (Å²) in [5.74, 6) is -5.77. The number of carbonyl (C=O) groups is 3. The van der Waals surface area contributed by atoms with Crippen molar-refractivity contribution in [3.63, 3.8) is 0 Å². The van der Waals surface area contributed by atoms with Crippen LogP contribution in [-0.2, 0) is 25.5 Å². The second-order valence-electron chi connectivity index (χ2n) is 8.48. The number of amides is 1. The molecule has 0 aliphatic carbocycles. The first-order valence-corrected chi connectivity index (χ1v) is 9.76. The molecule has 11 heteroatoms. The Labute approximate surface area is 179 Å². The molecule has 1 aromatic carbocycles. The summed E-state index contributed by atoms with van der Waals surface area (Å²) in [6, 6.07) is 4.62. The van der Waals surface area contributed by atoms with Crippen LogP contribution in [0.25, 0.3) is 0 Å². The lowest BCUT2D eigenvalue weighted by Gasteiger charge is -2.29. The monoisotopic (exact) mass is 441 g/mol. The molecule has 31 heavy (non-hydrogen) atoms. The third-order valence-corrected chi connectivity index (χ3v) is 4.47. The van der Waals surface area contributed by atoms with E-state index in [1.807, 2.05) is 0 Å². The van der Waals surface area contributed by atoms with Gasteiger partial charge in [-0.05, 0) is 45.7 Å². The molecule has 1 aliphatic rings. The van der Waals surface area contributed by atoms with Crippen LogP contribution < -0.4 is 9.97 Å². The molecule has 0 saturated heterocycles. The number of para-hydroxylation sites is 1. The molecule has 1 heterocycles. The lowest BCUT2D eigenvalue weighted by Crippen LogP contribution is -2.53. The summed E-state index contributed by atoms with van der Waals surface area (Å²) >= 11 is 0. The molecule has 0 aromatic heterocycles. The van der Waals surface area contributed by atoms with E-state index >= 15 is 0 Å². The van der Waals surface area contributed by atoms with Gasteiger partial charge >= 0.3 is 19.1 Å². The number of ether oxygens (including phenoxy) is 2. The van der Waals surface area contributed by atoms with Crippen molar-refractivity contribution < 1.29 is 42.3 Å². The molecular weight excluding hydrogens is 415 g/mol. The summed E-state index contributed by atoms with van der Waals surface area (Å²) in [6.07, 6.45) is -0.904. The Morgan fingerprint density at radius 3 is 2.52 bits per heavy atom. The zero-order valence-corrected chi connectivity index (χ0v) is 17.9. The number of nitrogens with one attached hydrogen (secondary N) is 1. The van der Waals surface area contributed by atoms with Crippen molar-refractivity contribution in [2.24, 2.45) is 5.41 Å². The third kappa shape index (κ3) is 7.20. The minimum atomic E-state index is -2.97. The molecule has 2 rings (SSSR count). The summed E-state index contributed by atoms with van der Waals surface area (Å²) in [6.45, 7) is 5.11. The van der Waals surface area contributed by atoms with E-state index in [0.29, 0.717) is 5.56 Å². The highest BCUT2D eigenvalue weighted by molar-refractivity contribution is 6.47. The van der Waals surface area contributed by atoms with Gasteiger partial charge in [0.15, 0.2) is 0 Å². The van der Waals surface area contributed by atoms with E-state index in [4.69, 9.17) is 14.1 Å². The largest absolute Gasteiger partial charge is 0.547 e. The van der Waals surface area contributed by atoms with E-state index < -0.39 is 61.9 Å². The predicted molar refractivity (Wildman–Crippen MR) is 106 cm³/mol. The lowest BCUT2D eigenvalue weighted by atomic mass is 9.72. The number of alkyl halides is 2. The number of halogens is 2. The first-order valence-electron chi connectivity index (χ1n) is 9.76. The average Bonchev–Trinajstić information content (AvgIpc) is 2.65. The fourth-order valence-corrected chi connectivity index (χ4v) is 2.75. The number of esters is 2. The summed E-state index contributed by atoms with van der Waals surface area (Å²) in [5, 5.41) is 12.7. The Hall–Kier alpha value is -2.69. The fraction of sp³-hybridized carbons (Fsp3) is 0.550. The second-order valence-corrected chi connectivity index (χ2v) is 8.48. The quantitative estimate of drug-likeness (QED) is 0.379. The van der Waals surface area contributed by atoms with Gasteiger partial charge in [-0.3, -0.25) is 9.59 Å². The number of hydrogen-bond acceptors (Lipinski definition) is 7. The van der Waals surface area contributed by atoms with Crippen molar-refractivity contribution in [1.82, 2.24) is 5.32 Å². The molecular formula is C20H26BF2NO7. The molecule has 0 spiro atoms. The predicted octanol–water partition coefficient (Wildman–Crippen LogP) is 2.27. The molecule has 1 aromatic rings. The SMILES string of the molecule is CC(F)(F)CCC(=O)N[C@H]1Cc2cccc(C(=O)OCOC(=O)C(C)(C)C)c2OB1O. The zero-order valence-electron chi connectivity index (χ0n) is 17.9. The van der Waals surface area contributed by atoms with Crippen molar-refractivity contribution in [1.29, 1.82) is 0 Å². The molecule has 0 fully saturated rings. The number of hydrogen-bond donors (Lipinski definition) is 2. The summed E-state index contributed by atoms with van der Waals surface area (Å²) in [5.41, 5.74) is -0.228. The van der Waals surface area contributed by atoms with Crippen LogP contribution >= 0.6 is 0 Å². The van der Waals surface area contributed by atoms with Gasteiger partial charge in [-0.1, -0.05) is 12.1 Å². The maximum atomic E-state index is 12.9. The normalized spacial score (nSPS) is 16.1. The maximum Gasteiger partial charge on any atom is 0.547 e. The number of benzene rings is 1. The average molecular weight is 441 g/mol. The lowest BCUT2D eigenvalue weighted by molar-refractivity contribution is -0.161. The van der Waals surface area contributed by atoms with Gasteiger partial charge in [0.05, 0.1) is 11.4 Å². The minimum absolute atomic E-state index is 0.0127. The van der Waals surface area contributed by atoms with Crippen LogP contribution in [0, 0.1) is 5.41 Å². The Morgan fingerprint density at radius 1 is 1.23 bits per heavy atom. The smallest absolute Gasteiger partial charge is 0.534 e. The van der Waals surface area contributed by atoms with Crippen LogP contribution in [0.4, 0.5) is 8.78 Å². The number of fused-ring (bicyclic) bond motifs is 1. The Kier molecular flexibility index (Phi) is 7.64. The summed E-state index contributed by atoms with van der Waals surface area (Å²) < 4.78 is 41.1. The van der Waals surface area contributed by atoms with Gasteiger partial charge < -0.3 is 24.5 Å². The number of carbonyl (C=O) groups excluding carboxylic acids is 3. The highest BCUT2D eigenvalue weighted by atomic mass is 19.3. The molecule has 1 aliphatic heterocycles. The van der Waals surface area contributed by atoms with Crippen molar-refractivity contribution in [3.8, 4) is 5.75 Å². The van der Waals surface area contributed by atoms with Gasteiger partial charge in [-0.15, -0.1) is 0 Å². The molecule has 0 bridgehead atoms. The zero-order chi connectivity index (χ0) is 23.4. The van der Waals surface area contributed by atoms with Crippen molar-refractivity contribution in [2.45, 2.75) is 58.8 Å². The highest BCUT2D eigenvalue weighted by Crippen LogP contribution is 2.31. The minimum Gasteiger partial charge on any atom is -0.534 e. The molecule has 0 saturated carbocycles. The molecule has 1 atom stereocenters. The van der Waals surface area contributed by atoms with Crippen molar-refractivity contribution in [2.75, 3.05) is 6.79 Å². The first kappa shape index (κ1) is 24.6. The standard InChI is InChI=1S/C20H26BF2NO7/c1-19(2,3)18(27)30-11-29-17(26)13-7-5-6-12-10-14(21(28)31-16(12)13)24-15(25)8-9-20(4,22)23/h5-7,14,28H,8-11H2,1-4H3,(H,24,25)/t14-/m0/s1. The third-order valence-electron chi connectivity index (χ3n) is 4.47. The van der Waals surface area contributed by atoms with Crippen LogP contribution in [0.1, 0.15) is 56.5 Å². The number of rotatable bonds is 7. The van der Waals surface area contributed by atoms with E-state index in [1.54, 1.807) is 32.9 Å².